The van der Waals surface area contributed by atoms with E-state index in [0.29, 0.717) is 0 Å². The van der Waals surface area contributed by atoms with Gasteiger partial charge in [-0.2, -0.15) is 0 Å². The molecule has 1 aliphatic carbocycles. The second kappa shape index (κ2) is 2.82. The van der Waals surface area contributed by atoms with Crippen LogP contribution in [0, 0.1) is 0 Å². The predicted molar refractivity (Wildman–Crippen MR) is 51.9 cm³/mol. The van der Waals surface area contributed by atoms with E-state index in [-0.39, 0.29) is 5.41 Å². The second-order valence-electron chi connectivity index (χ2n) is 3.33. The van der Waals surface area contributed by atoms with E-state index in [2.05, 4.69) is 27.0 Å². The maximum Gasteiger partial charge on any atom is 0.109 e. The molecule has 0 amide bonds. The highest BCUT2D eigenvalue weighted by molar-refractivity contribution is 9.10. The Morgan fingerprint density at radius 1 is 1.58 bits per heavy atom. The van der Waals surface area contributed by atoms with Crippen LogP contribution in [0.2, 0.25) is 0 Å². The summed E-state index contributed by atoms with van der Waals surface area (Å²) in [5.74, 6) is 0. The minimum absolute atomic E-state index is 0.243. The smallest absolute Gasteiger partial charge is 0.109 e. The minimum Gasteiger partial charge on any atom is -0.330 e. The Hall–Kier alpha value is -0.410. The van der Waals surface area contributed by atoms with Gasteiger partial charge in [-0.15, -0.1) is 0 Å². The Labute approximate surface area is 80.3 Å². The molecule has 1 aliphatic rings. The molecule has 3 heteroatoms. The van der Waals surface area contributed by atoms with Crippen molar-refractivity contribution in [3.05, 3.63) is 28.5 Å². The monoisotopic (exact) mass is 226 g/mol. The van der Waals surface area contributed by atoms with Gasteiger partial charge >= 0.3 is 0 Å². The van der Waals surface area contributed by atoms with Crippen LogP contribution in [0.3, 0.4) is 0 Å². The highest BCUT2D eigenvalue weighted by atomic mass is 79.9. The largest absolute Gasteiger partial charge is 0.330 e. The standard InChI is InChI=1S/C9H11BrN2/c10-8-7(2-1-5-12-8)9(6-11)3-4-9/h1-2,5H,3-4,6,11H2. The van der Waals surface area contributed by atoms with Crippen molar-refractivity contribution in [2.24, 2.45) is 5.73 Å². The summed E-state index contributed by atoms with van der Waals surface area (Å²) >= 11 is 3.45. The van der Waals surface area contributed by atoms with Crippen molar-refractivity contribution in [3.8, 4) is 0 Å². The van der Waals surface area contributed by atoms with Crippen molar-refractivity contribution >= 4 is 15.9 Å². The fourth-order valence-corrected chi connectivity index (χ4v) is 2.19. The van der Waals surface area contributed by atoms with Gasteiger partial charge in [0.2, 0.25) is 0 Å². The van der Waals surface area contributed by atoms with Crippen LogP contribution in [-0.4, -0.2) is 11.5 Å². The van der Waals surface area contributed by atoms with Crippen molar-refractivity contribution in [1.82, 2.24) is 4.98 Å². The number of nitrogens with zero attached hydrogens (tertiary/aromatic N) is 1. The van der Waals surface area contributed by atoms with Gasteiger partial charge in [-0.25, -0.2) is 4.98 Å². The number of nitrogens with two attached hydrogens (primary N) is 1. The minimum atomic E-state index is 0.243. The lowest BCUT2D eigenvalue weighted by Crippen LogP contribution is -2.20. The van der Waals surface area contributed by atoms with Crippen molar-refractivity contribution in [2.45, 2.75) is 18.3 Å². The molecule has 1 fully saturated rings. The van der Waals surface area contributed by atoms with Gasteiger partial charge in [0.15, 0.2) is 0 Å². The number of aromatic nitrogens is 1. The van der Waals surface area contributed by atoms with Crippen molar-refractivity contribution < 1.29 is 0 Å². The molecule has 0 radical (unpaired) electrons. The lowest BCUT2D eigenvalue weighted by Gasteiger charge is -2.13. The van der Waals surface area contributed by atoms with Crippen molar-refractivity contribution in [3.63, 3.8) is 0 Å². The van der Waals surface area contributed by atoms with E-state index < -0.39 is 0 Å². The summed E-state index contributed by atoms with van der Waals surface area (Å²) in [7, 11) is 0. The normalized spacial score (nSPS) is 19.2. The summed E-state index contributed by atoms with van der Waals surface area (Å²) in [6, 6.07) is 4.08. The summed E-state index contributed by atoms with van der Waals surface area (Å²) in [5, 5.41) is 0. The van der Waals surface area contributed by atoms with Gasteiger partial charge in [0, 0.05) is 18.2 Å². The zero-order chi connectivity index (χ0) is 8.60. The summed E-state index contributed by atoms with van der Waals surface area (Å²) < 4.78 is 0.952. The van der Waals surface area contributed by atoms with Gasteiger partial charge in [-0.05, 0) is 40.4 Å². The molecule has 2 N–H and O–H groups in total. The summed E-state index contributed by atoms with van der Waals surface area (Å²) in [6.07, 6.45) is 4.20. The maximum absolute atomic E-state index is 5.72. The van der Waals surface area contributed by atoms with E-state index in [1.807, 2.05) is 6.07 Å². The fraction of sp³-hybridized carbons (Fsp3) is 0.444. The van der Waals surface area contributed by atoms with Crippen LogP contribution < -0.4 is 5.73 Å². The second-order valence-corrected chi connectivity index (χ2v) is 4.08. The van der Waals surface area contributed by atoms with Crippen LogP contribution in [0.15, 0.2) is 22.9 Å². The van der Waals surface area contributed by atoms with Crippen LogP contribution in [0.25, 0.3) is 0 Å². The Kier molecular flexibility index (Phi) is 1.93. The summed E-state index contributed by atoms with van der Waals surface area (Å²) in [4.78, 5) is 4.19. The molecule has 2 rings (SSSR count). The van der Waals surface area contributed by atoms with Crippen LogP contribution >= 0.6 is 15.9 Å². The van der Waals surface area contributed by atoms with Gasteiger partial charge in [-0.3, -0.25) is 0 Å². The number of halogens is 1. The SMILES string of the molecule is NCC1(c2cccnc2Br)CC1. The average Bonchev–Trinajstić information content (AvgIpc) is 2.86. The molecule has 2 nitrogen and oxygen atoms in total. The maximum atomic E-state index is 5.72. The molecular weight excluding hydrogens is 216 g/mol. The van der Waals surface area contributed by atoms with Crippen molar-refractivity contribution in [2.75, 3.05) is 6.54 Å². The fourth-order valence-electron chi connectivity index (χ4n) is 1.52. The topological polar surface area (TPSA) is 38.9 Å². The van der Waals surface area contributed by atoms with E-state index in [0.717, 1.165) is 11.1 Å². The van der Waals surface area contributed by atoms with Crippen LogP contribution in [0.4, 0.5) is 0 Å². The number of hydrogen-bond donors (Lipinski definition) is 1. The van der Waals surface area contributed by atoms with Crippen LogP contribution in [0.1, 0.15) is 18.4 Å². The first-order valence-corrected chi connectivity index (χ1v) is 4.89. The Bertz CT molecular complexity index is 294. The first-order valence-electron chi connectivity index (χ1n) is 4.10. The average molecular weight is 227 g/mol. The van der Waals surface area contributed by atoms with Gasteiger partial charge in [0.05, 0.1) is 0 Å². The molecule has 0 unspecified atom stereocenters. The van der Waals surface area contributed by atoms with E-state index >= 15 is 0 Å². The molecule has 64 valence electrons. The van der Waals surface area contributed by atoms with Gasteiger partial charge in [0.25, 0.3) is 0 Å². The van der Waals surface area contributed by atoms with E-state index in [4.69, 9.17) is 5.73 Å². The number of pyridine rings is 1. The molecular formula is C9H11BrN2. The van der Waals surface area contributed by atoms with E-state index in [9.17, 15) is 0 Å². The van der Waals surface area contributed by atoms with Gasteiger partial charge in [0.1, 0.15) is 4.60 Å². The zero-order valence-corrected chi connectivity index (χ0v) is 8.34. The zero-order valence-electron chi connectivity index (χ0n) is 6.76. The van der Waals surface area contributed by atoms with Crippen LogP contribution in [-0.2, 0) is 5.41 Å². The molecule has 0 spiro atoms. The molecule has 0 atom stereocenters. The molecule has 0 aromatic carbocycles. The van der Waals surface area contributed by atoms with Crippen LogP contribution in [0.5, 0.6) is 0 Å². The Morgan fingerprint density at radius 3 is 2.83 bits per heavy atom. The molecule has 1 aromatic rings. The Balaban J connectivity index is 2.40. The van der Waals surface area contributed by atoms with E-state index in [1.54, 1.807) is 6.20 Å². The van der Waals surface area contributed by atoms with Gasteiger partial charge in [-0.1, -0.05) is 6.07 Å². The molecule has 0 saturated heterocycles. The first-order chi connectivity index (χ1) is 5.78. The first kappa shape index (κ1) is 8.20. The summed E-state index contributed by atoms with van der Waals surface area (Å²) in [5.41, 5.74) is 7.24. The molecule has 0 bridgehead atoms. The molecule has 12 heavy (non-hydrogen) atoms. The Morgan fingerprint density at radius 2 is 2.33 bits per heavy atom. The van der Waals surface area contributed by atoms with Gasteiger partial charge < -0.3 is 5.73 Å². The predicted octanol–water partition coefficient (Wildman–Crippen LogP) is 1.83. The lowest BCUT2D eigenvalue weighted by atomic mass is 9.98. The number of rotatable bonds is 2. The molecule has 1 saturated carbocycles. The third kappa shape index (κ3) is 1.17. The quantitative estimate of drug-likeness (QED) is 0.783. The lowest BCUT2D eigenvalue weighted by molar-refractivity contribution is 0.696. The van der Waals surface area contributed by atoms with Crippen molar-refractivity contribution in [1.29, 1.82) is 0 Å². The molecule has 1 heterocycles. The molecule has 0 aliphatic heterocycles. The molecule has 1 aromatic heterocycles. The third-order valence-corrected chi connectivity index (χ3v) is 3.21. The third-order valence-electron chi connectivity index (χ3n) is 2.57. The highest BCUT2D eigenvalue weighted by Crippen LogP contribution is 2.48. The van der Waals surface area contributed by atoms with E-state index in [1.165, 1.54) is 18.4 Å². The summed E-state index contributed by atoms with van der Waals surface area (Å²) in [6.45, 7) is 0.733. The highest BCUT2D eigenvalue weighted by Gasteiger charge is 2.44. The number of hydrogen-bond acceptors (Lipinski definition) is 2.